The van der Waals surface area contributed by atoms with Gasteiger partial charge >= 0.3 is 0 Å². The summed E-state index contributed by atoms with van der Waals surface area (Å²) in [7, 11) is 1.47. The van der Waals surface area contributed by atoms with Gasteiger partial charge in [-0.05, 0) is 47.3 Å². The Hall–Kier alpha value is -2.26. The van der Waals surface area contributed by atoms with E-state index in [1.54, 1.807) is 16.8 Å². The summed E-state index contributed by atoms with van der Waals surface area (Å²) in [5.74, 6) is 0.303. The molecule has 0 aliphatic rings. The average molecular weight is 355 g/mol. The Morgan fingerprint density at radius 2 is 2.26 bits per heavy atom. The fourth-order valence-corrected chi connectivity index (χ4v) is 2.17. The molecule has 1 amide bonds. The number of carbonyl (C=O) groups excluding carboxylic acids is 1. The maximum Gasteiger partial charge on any atom is 0.261 e. The Morgan fingerprint density at radius 1 is 1.48 bits per heavy atom. The Kier molecular flexibility index (Phi) is 5.83. The zero-order chi connectivity index (χ0) is 16.8. The number of nitrogens with zero attached hydrogens (tertiary/aromatic N) is 4. The minimum Gasteiger partial charge on any atom is -0.496 e. The Morgan fingerprint density at radius 3 is 2.96 bits per heavy atom. The van der Waals surface area contributed by atoms with E-state index in [-0.39, 0.29) is 10.7 Å². The van der Waals surface area contributed by atoms with Crippen molar-refractivity contribution in [1.29, 1.82) is 0 Å². The third-order valence-corrected chi connectivity index (χ3v) is 3.27. The van der Waals surface area contributed by atoms with Gasteiger partial charge in [-0.15, -0.1) is 0 Å². The van der Waals surface area contributed by atoms with Crippen molar-refractivity contribution in [2.75, 3.05) is 12.4 Å². The van der Waals surface area contributed by atoms with Crippen LogP contribution in [0.1, 0.15) is 23.7 Å². The number of benzene rings is 1. The van der Waals surface area contributed by atoms with Gasteiger partial charge in [0.15, 0.2) is 5.11 Å². The number of hydrogen-bond acceptors (Lipinski definition) is 6. The number of tetrazole rings is 1. The molecule has 122 valence electrons. The number of methoxy groups -OCH3 is 1. The summed E-state index contributed by atoms with van der Waals surface area (Å²) >= 11 is 11.0. The van der Waals surface area contributed by atoms with Crippen molar-refractivity contribution in [2.45, 2.75) is 19.9 Å². The van der Waals surface area contributed by atoms with Crippen molar-refractivity contribution in [3.8, 4) is 5.75 Å². The standard InChI is InChI=1S/C13H15ClN6O2S/c1-3-6-20-12(17-18-19-20)16-13(23)15-11(21)9-7-8(14)4-5-10(9)22-2/h4-5,7H,3,6H2,1-2H3,(H2,15,16,17,19,21,23). The molecule has 0 bridgehead atoms. The lowest BCUT2D eigenvalue weighted by Gasteiger charge is -2.11. The summed E-state index contributed by atoms with van der Waals surface area (Å²) in [6.07, 6.45) is 0.860. The van der Waals surface area contributed by atoms with Crippen LogP contribution in [0.25, 0.3) is 0 Å². The molecule has 1 aromatic carbocycles. The van der Waals surface area contributed by atoms with Crippen LogP contribution in [0, 0.1) is 0 Å². The van der Waals surface area contributed by atoms with Gasteiger partial charge in [0.2, 0.25) is 5.95 Å². The van der Waals surface area contributed by atoms with E-state index in [4.69, 9.17) is 28.6 Å². The van der Waals surface area contributed by atoms with Crippen LogP contribution in [0.2, 0.25) is 5.02 Å². The number of anilines is 1. The summed E-state index contributed by atoms with van der Waals surface area (Å²) in [6, 6.07) is 4.74. The second-order valence-corrected chi connectivity index (χ2v) is 5.32. The van der Waals surface area contributed by atoms with Crippen molar-refractivity contribution in [3.05, 3.63) is 28.8 Å². The van der Waals surface area contributed by atoms with Crippen LogP contribution in [-0.2, 0) is 6.54 Å². The first-order valence-corrected chi connectivity index (χ1v) is 7.55. The van der Waals surface area contributed by atoms with Gasteiger partial charge in [-0.3, -0.25) is 15.4 Å². The SMILES string of the molecule is CCCn1nnnc1NC(=S)NC(=O)c1cc(Cl)ccc1OC. The minimum atomic E-state index is -0.448. The van der Waals surface area contributed by atoms with Gasteiger partial charge in [0.1, 0.15) is 5.75 Å². The highest BCUT2D eigenvalue weighted by Crippen LogP contribution is 2.22. The van der Waals surface area contributed by atoms with Gasteiger partial charge in [-0.2, -0.15) is 0 Å². The van der Waals surface area contributed by atoms with E-state index in [1.165, 1.54) is 13.2 Å². The number of ether oxygens (including phenoxy) is 1. The molecule has 0 atom stereocenters. The van der Waals surface area contributed by atoms with Gasteiger partial charge < -0.3 is 4.74 Å². The summed E-state index contributed by atoms with van der Waals surface area (Å²) in [6.45, 7) is 2.63. The number of thiocarbonyl (C=S) groups is 1. The molecule has 2 aromatic rings. The number of rotatable bonds is 5. The molecule has 0 fully saturated rings. The van der Waals surface area contributed by atoms with E-state index in [1.807, 2.05) is 6.92 Å². The van der Waals surface area contributed by atoms with E-state index in [0.29, 0.717) is 23.3 Å². The molecule has 0 radical (unpaired) electrons. The molecule has 10 heteroatoms. The van der Waals surface area contributed by atoms with Crippen LogP contribution in [-0.4, -0.2) is 38.3 Å². The minimum absolute atomic E-state index is 0.0733. The molecule has 0 aliphatic heterocycles. The van der Waals surface area contributed by atoms with Crippen molar-refractivity contribution >= 4 is 40.8 Å². The molecule has 0 unspecified atom stereocenters. The predicted octanol–water partition coefficient (Wildman–Crippen LogP) is 1.87. The van der Waals surface area contributed by atoms with Gasteiger partial charge in [-0.25, -0.2) is 4.68 Å². The van der Waals surface area contributed by atoms with E-state index in [2.05, 4.69) is 26.2 Å². The molecule has 2 rings (SSSR count). The molecule has 8 nitrogen and oxygen atoms in total. The maximum absolute atomic E-state index is 12.3. The quantitative estimate of drug-likeness (QED) is 0.791. The molecule has 0 saturated heterocycles. The number of carbonyl (C=O) groups is 1. The van der Waals surface area contributed by atoms with E-state index in [9.17, 15) is 4.79 Å². The van der Waals surface area contributed by atoms with Gasteiger partial charge in [0.05, 0.1) is 12.7 Å². The fraction of sp³-hybridized carbons (Fsp3) is 0.308. The number of aromatic nitrogens is 4. The molecular formula is C13H15ClN6O2S. The Balaban J connectivity index is 2.07. The van der Waals surface area contributed by atoms with Crippen molar-refractivity contribution in [1.82, 2.24) is 25.5 Å². The maximum atomic E-state index is 12.3. The molecular weight excluding hydrogens is 340 g/mol. The van der Waals surface area contributed by atoms with Crippen LogP contribution in [0.15, 0.2) is 18.2 Å². The fourth-order valence-electron chi connectivity index (χ4n) is 1.82. The zero-order valence-corrected chi connectivity index (χ0v) is 14.1. The summed E-state index contributed by atoms with van der Waals surface area (Å²) in [4.78, 5) is 12.3. The molecule has 0 saturated carbocycles. The predicted molar refractivity (Wildman–Crippen MR) is 89.8 cm³/mol. The Labute approximate surface area is 143 Å². The highest BCUT2D eigenvalue weighted by Gasteiger charge is 2.15. The van der Waals surface area contributed by atoms with Crippen LogP contribution in [0.5, 0.6) is 5.75 Å². The first-order chi connectivity index (χ1) is 11.0. The van der Waals surface area contributed by atoms with Crippen molar-refractivity contribution < 1.29 is 9.53 Å². The highest BCUT2D eigenvalue weighted by molar-refractivity contribution is 7.80. The Bertz CT molecular complexity index is 720. The first kappa shape index (κ1) is 17.1. The largest absolute Gasteiger partial charge is 0.496 e. The number of halogens is 1. The molecule has 1 heterocycles. The third-order valence-electron chi connectivity index (χ3n) is 2.83. The lowest BCUT2D eigenvalue weighted by atomic mass is 10.2. The number of hydrogen-bond donors (Lipinski definition) is 2. The second-order valence-electron chi connectivity index (χ2n) is 4.48. The summed E-state index contributed by atoms with van der Waals surface area (Å²) < 4.78 is 6.69. The number of nitrogens with one attached hydrogen (secondary N) is 2. The smallest absolute Gasteiger partial charge is 0.261 e. The van der Waals surface area contributed by atoms with E-state index in [0.717, 1.165) is 6.42 Å². The van der Waals surface area contributed by atoms with Crippen LogP contribution < -0.4 is 15.4 Å². The normalized spacial score (nSPS) is 10.2. The lowest BCUT2D eigenvalue weighted by Crippen LogP contribution is -2.35. The molecule has 2 N–H and O–H groups in total. The molecule has 1 aromatic heterocycles. The van der Waals surface area contributed by atoms with Gasteiger partial charge in [0, 0.05) is 11.6 Å². The molecule has 0 spiro atoms. The molecule has 0 aliphatic carbocycles. The van der Waals surface area contributed by atoms with E-state index < -0.39 is 5.91 Å². The average Bonchev–Trinajstić information content (AvgIpc) is 2.94. The van der Waals surface area contributed by atoms with Gasteiger partial charge in [0.25, 0.3) is 5.91 Å². The van der Waals surface area contributed by atoms with Crippen LogP contribution in [0.4, 0.5) is 5.95 Å². The number of amides is 1. The summed E-state index contributed by atoms with van der Waals surface area (Å²) in [5, 5.41) is 17.0. The van der Waals surface area contributed by atoms with E-state index >= 15 is 0 Å². The topological polar surface area (TPSA) is 94.0 Å². The summed E-state index contributed by atoms with van der Waals surface area (Å²) in [5.41, 5.74) is 0.275. The molecule has 23 heavy (non-hydrogen) atoms. The first-order valence-electron chi connectivity index (χ1n) is 6.77. The monoisotopic (exact) mass is 354 g/mol. The lowest BCUT2D eigenvalue weighted by molar-refractivity contribution is 0.0975. The number of aryl methyl sites for hydroxylation is 1. The van der Waals surface area contributed by atoms with Crippen molar-refractivity contribution in [2.24, 2.45) is 0 Å². The van der Waals surface area contributed by atoms with Crippen molar-refractivity contribution in [3.63, 3.8) is 0 Å². The van der Waals surface area contributed by atoms with Gasteiger partial charge in [-0.1, -0.05) is 23.6 Å². The van der Waals surface area contributed by atoms with Crippen LogP contribution in [0.3, 0.4) is 0 Å². The highest BCUT2D eigenvalue weighted by atomic mass is 35.5. The zero-order valence-electron chi connectivity index (χ0n) is 12.5. The van der Waals surface area contributed by atoms with Crippen LogP contribution >= 0.6 is 23.8 Å². The third kappa shape index (κ3) is 4.36. The second kappa shape index (κ2) is 7.84.